The Morgan fingerprint density at radius 2 is 2.05 bits per heavy atom. The Bertz CT molecular complexity index is 661. The van der Waals surface area contributed by atoms with Crippen molar-refractivity contribution in [2.24, 2.45) is 5.41 Å². The van der Waals surface area contributed by atoms with Crippen LogP contribution in [0.3, 0.4) is 0 Å². The number of aromatic nitrogens is 2. The summed E-state index contributed by atoms with van der Waals surface area (Å²) in [5, 5.41) is 3.05. The maximum atomic E-state index is 12.4. The Hall–Kier alpha value is -1.69. The van der Waals surface area contributed by atoms with Gasteiger partial charge >= 0.3 is 0 Å². The first kappa shape index (κ1) is 14.3. The molecule has 0 radical (unpaired) electrons. The molecule has 0 unspecified atom stereocenters. The minimum absolute atomic E-state index is 0.107. The predicted molar refractivity (Wildman–Crippen MR) is 85.4 cm³/mol. The molecule has 112 valence electrons. The average molecular weight is 304 g/mol. The number of hydrogen-bond acceptors (Lipinski definition) is 5. The van der Waals surface area contributed by atoms with E-state index in [-0.39, 0.29) is 11.3 Å². The van der Waals surface area contributed by atoms with E-state index in [0.717, 1.165) is 0 Å². The van der Waals surface area contributed by atoms with Crippen molar-refractivity contribution in [1.29, 1.82) is 0 Å². The molecule has 1 aliphatic carbocycles. The van der Waals surface area contributed by atoms with Crippen LogP contribution in [-0.4, -0.2) is 22.4 Å². The zero-order valence-corrected chi connectivity index (χ0v) is 13.0. The summed E-state index contributed by atoms with van der Waals surface area (Å²) >= 11 is 1.31. The Kier molecular flexibility index (Phi) is 3.80. The van der Waals surface area contributed by atoms with Crippen LogP contribution in [0.2, 0.25) is 0 Å². The first-order chi connectivity index (χ1) is 10.1. The quantitative estimate of drug-likeness (QED) is 0.913. The third kappa shape index (κ3) is 2.85. The molecule has 2 heterocycles. The van der Waals surface area contributed by atoms with Gasteiger partial charge in [0.25, 0.3) is 5.91 Å². The standard InChI is InChI=1S/C15H20N4OS/c1-15(5-3-2-4-6-15)9-19-13(20)12-10(16)11-14(21-12)18-8-7-17-11/h7-8H,2-6,9,16H2,1H3,(H,19,20). The number of nitrogens with one attached hydrogen (secondary N) is 1. The highest BCUT2D eigenvalue weighted by molar-refractivity contribution is 7.21. The number of thiophene rings is 1. The summed E-state index contributed by atoms with van der Waals surface area (Å²) in [6, 6.07) is 0. The summed E-state index contributed by atoms with van der Waals surface area (Å²) in [5.41, 5.74) is 7.31. The topological polar surface area (TPSA) is 80.9 Å². The van der Waals surface area contributed by atoms with E-state index < -0.39 is 0 Å². The fourth-order valence-electron chi connectivity index (χ4n) is 2.97. The van der Waals surface area contributed by atoms with Crippen molar-refractivity contribution < 1.29 is 4.79 Å². The molecule has 2 aromatic rings. The van der Waals surface area contributed by atoms with Crippen molar-refractivity contribution >= 4 is 33.3 Å². The van der Waals surface area contributed by atoms with E-state index in [1.165, 1.54) is 43.4 Å². The van der Waals surface area contributed by atoms with Crippen molar-refractivity contribution in [3.05, 3.63) is 17.3 Å². The molecule has 21 heavy (non-hydrogen) atoms. The van der Waals surface area contributed by atoms with E-state index in [9.17, 15) is 4.79 Å². The molecule has 1 amide bonds. The van der Waals surface area contributed by atoms with Crippen LogP contribution in [0.15, 0.2) is 12.4 Å². The van der Waals surface area contributed by atoms with E-state index in [1.54, 1.807) is 12.4 Å². The normalized spacial score (nSPS) is 17.8. The van der Waals surface area contributed by atoms with Gasteiger partial charge in [0.1, 0.15) is 15.2 Å². The van der Waals surface area contributed by atoms with Crippen molar-refractivity contribution in [1.82, 2.24) is 15.3 Å². The van der Waals surface area contributed by atoms with Crippen molar-refractivity contribution in [2.75, 3.05) is 12.3 Å². The highest BCUT2D eigenvalue weighted by Gasteiger charge is 2.28. The average Bonchev–Trinajstić information content (AvgIpc) is 2.84. The Balaban J connectivity index is 1.73. The van der Waals surface area contributed by atoms with Crippen LogP contribution in [-0.2, 0) is 0 Å². The van der Waals surface area contributed by atoms with Crippen LogP contribution in [0, 0.1) is 5.41 Å². The van der Waals surface area contributed by atoms with Crippen molar-refractivity contribution in [3.63, 3.8) is 0 Å². The van der Waals surface area contributed by atoms with Crippen LogP contribution in [0.5, 0.6) is 0 Å². The minimum Gasteiger partial charge on any atom is -0.396 e. The molecule has 0 spiro atoms. The monoisotopic (exact) mass is 304 g/mol. The van der Waals surface area contributed by atoms with Gasteiger partial charge in [-0.2, -0.15) is 0 Å². The largest absolute Gasteiger partial charge is 0.396 e. The first-order valence-electron chi connectivity index (χ1n) is 7.36. The van der Waals surface area contributed by atoms with Gasteiger partial charge in [-0.25, -0.2) is 9.97 Å². The van der Waals surface area contributed by atoms with Crippen LogP contribution in [0.25, 0.3) is 10.3 Å². The lowest BCUT2D eigenvalue weighted by Crippen LogP contribution is -2.36. The van der Waals surface area contributed by atoms with Gasteiger partial charge in [0.15, 0.2) is 0 Å². The number of carbonyl (C=O) groups is 1. The first-order valence-corrected chi connectivity index (χ1v) is 8.18. The molecular formula is C15H20N4OS. The van der Waals surface area contributed by atoms with Gasteiger partial charge < -0.3 is 11.1 Å². The number of hydrogen-bond donors (Lipinski definition) is 2. The van der Waals surface area contributed by atoms with Gasteiger partial charge in [-0.05, 0) is 18.3 Å². The second kappa shape index (κ2) is 5.60. The van der Waals surface area contributed by atoms with Gasteiger partial charge in [-0.3, -0.25) is 4.79 Å². The summed E-state index contributed by atoms with van der Waals surface area (Å²) in [6.45, 7) is 2.96. The lowest BCUT2D eigenvalue weighted by Gasteiger charge is -2.33. The van der Waals surface area contributed by atoms with E-state index in [4.69, 9.17) is 5.73 Å². The van der Waals surface area contributed by atoms with Gasteiger partial charge in [0.2, 0.25) is 0 Å². The molecular weight excluding hydrogens is 284 g/mol. The third-order valence-electron chi connectivity index (χ3n) is 4.31. The zero-order chi connectivity index (χ0) is 14.9. The van der Waals surface area contributed by atoms with E-state index in [1.807, 2.05) is 0 Å². The minimum atomic E-state index is -0.107. The number of fused-ring (bicyclic) bond motifs is 1. The molecule has 3 N–H and O–H groups in total. The summed E-state index contributed by atoms with van der Waals surface area (Å²) in [7, 11) is 0. The third-order valence-corrected chi connectivity index (χ3v) is 5.41. The highest BCUT2D eigenvalue weighted by Crippen LogP contribution is 2.35. The van der Waals surface area contributed by atoms with Crippen LogP contribution >= 0.6 is 11.3 Å². The number of nitrogens with zero attached hydrogens (tertiary/aromatic N) is 2. The Labute approximate surface area is 128 Å². The summed E-state index contributed by atoms with van der Waals surface area (Å²) < 4.78 is 0. The molecule has 3 rings (SSSR count). The van der Waals surface area contributed by atoms with Gasteiger partial charge in [0, 0.05) is 18.9 Å². The van der Waals surface area contributed by atoms with Gasteiger partial charge in [-0.1, -0.05) is 26.2 Å². The molecule has 1 aliphatic rings. The fraction of sp³-hybridized carbons (Fsp3) is 0.533. The summed E-state index contributed by atoms with van der Waals surface area (Å²) in [5.74, 6) is -0.107. The van der Waals surface area contributed by atoms with Crippen LogP contribution in [0.4, 0.5) is 5.69 Å². The number of anilines is 1. The molecule has 0 atom stereocenters. The molecule has 0 aromatic carbocycles. The highest BCUT2D eigenvalue weighted by atomic mass is 32.1. The SMILES string of the molecule is CC1(CNC(=O)c2sc3nccnc3c2N)CCCCC1. The van der Waals surface area contributed by atoms with Crippen LogP contribution < -0.4 is 11.1 Å². The lowest BCUT2D eigenvalue weighted by molar-refractivity contribution is 0.0924. The number of carbonyl (C=O) groups excluding carboxylic acids is 1. The molecule has 5 nitrogen and oxygen atoms in total. The van der Waals surface area contributed by atoms with Crippen molar-refractivity contribution in [2.45, 2.75) is 39.0 Å². The molecule has 1 fully saturated rings. The molecule has 0 bridgehead atoms. The maximum Gasteiger partial charge on any atom is 0.263 e. The maximum absolute atomic E-state index is 12.4. The zero-order valence-electron chi connectivity index (χ0n) is 12.2. The Morgan fingerprint density at radius 3 is 2.76 bits per heavy atom. The van der Waals surface area contributed by atoms with Crippen molar-refractivity contribution in [3.8, 4) is 0 Å². The lowest BCUT2D eigenvalue weighted by atomic mass is 9.76. The van der Waals surface area contributed by atoms with Gasteiger partial charge in [0.05, 0.1) is 5.69 Å². The fourth-order valence-corrected chi connectivity index (χ4v) is 3.91. The Morgan fingerprint density at radius 1 is 1.33 bits per heavy atom. The predicted octanol–water partition coefficient (Wildman–Crippen LogP) is 2.97. The summed E-state index contributed by atoms with van der Waals surface area (Å²) in [6.07, 6.45) is 9.39. The second-order valence-corrected chi connectivity index (χ2v) is 7.11. The van der Waals surface area contributed by atoms with Crippen LogP contribution in [0.1, 0.15) is 48.7 Å². The second-order valence-electron chi connectivity index (χ2n) is 6.11. The van der Waals surface area contributed by atoms with E-state index in [2.05, 4.69) is 22.2 Å². The number of rotatable bonds is 3. The molecule has 1 saturated carbocycles. The molecule has 0 saturated heterocycles. The smallest absolute Gasteiger partial charge is 0.263 e. The molecule has 6 heteroatoms. The number of nitrogen functional groups attached to an aromatic ring is 1. The van der Waals surface area contributed by atoms with Gasteiger partial charge in [-0.15, -0.1) is 11.3 Å². The van der Waals surface area contributed by atoms with E-state index >= 15 is 0 Å². The number of nitrogens with two attached hydrogens (primary N) is 1. The summed E-state index contributed by atoms with van der Waals surface area (Å²) in [4.78, 5) is 22.0. The number of amides is 1. The van der Waals surface area contributed by atoms with E-state index in [0.29, 0.717) is 27.5 Å². The molecule has 2 aromatic heterocycles. The molecule has 0 aliphatic heterocycles.